The van der Waals surface area contributed by atoms with Crippen molar-refractivity contribution >= 4 is 6.09 Å². The molecule has 0 aliphatic carbocycles. The van der Waals surface area contributed by atoms with Gasteiger partial charge in [-0.3, -0.25) is 4.90 Å². The minimum atomic E-state index is -0.534. The fourth-order valence-corrected chi connectivity index (χ4v) is 2.92. The fraction of sp³-hybridized carbons (Fsp3) is 0.423. The third-order valence-corrected chi connectivity index (χ3v) is 4.53. The number of rotatable bonds is 9. The summed E-state index contributed by atoms with van der Waals surface area (Å²) in [4.78, 5) is 14.6. The first-order valence-electron chi connectivity index (χ1n) is 10.6. The molecule has 2 atom stereocenters. The van der Waals surface area contributed by atoms with E-state index < -0.39 is 5.60 Å². The van der Waals surface area contributed by atoms with Gasteiger partial charge in [0.25, 0.3) is 0 Å². The Hall–Kier alpha value is -2.59. The molecule has 4 nitrogen and oxygen atoms in total. The first-order valence-corrected chi connectivity index (χ1v) is 10.6. The summed E-state index contributed by atoms with van der Waals surface area (Å²) in [5.74, 6) is 0.244. The highest BCUT2D eigenvalue weighted by atomic mass is 16.6. The van der Waals surface area contributed by atoms with E-state index in [0.717, 1.165) is 5.56 Å². The van der Waals surface area contributed by atoms with Crippen LogP contribution in [0.15, 0.2) is 72.8 Å². The molecule has 0 bridgehead atoms. The fourth-order valence-electron chi connectivity index (χ4n) is 2.92. The zero-order valence-corrected chi connectivity index (χ0v) is 18.9. The van der Waals surface area contributed by atoms with Crippen molar-refractivity contribution < 1.29 is 14.3 Å². The summed E-state index contributed by atoms with van der Waals surface area (Å²) in [5.41, 5.74) is 1.71. The molecule has 1 amide bonds. The second-order valence-electron chi connectivity index (χ2n) is 8.70. The molecule has 2 aromatic carbocycles. The minimum absolute atomic E-state index is 0.100. The van der Waals surface area contributed by atoms with E-state index in [1.807, 2.05) is 76.2 Å². The third kappa shape index (κ3) is 8.83. The number of nitrogens with zero attached hydrogens (tertiary/aromatic N) is 1. The van der Waals surface area contributed by atoms with Crippen LogP contribution in [0.4, 0.5) is 4.79 Å². The Morgan fingerprint density at radius 2 is 1.50 bits per heavy atom. The van der Waals surface area contributed by atoms with Crippen LogP contribution in [0.3, 0.4) is 0 Å². The summed E-state index contributed by atoms with van der Waals surface area (Å²) in [5, 5.41) is 0. The SMILES string of the molecule is CC(/C=C/[C@H](C)N(Cc1ccccc1)C(=O)OC(C)(C)C)COCc1ccccc1. The van der Waals surface area contributed by atoms with Crippen LogP contribution in [0.1, 0.15) is 45.7 Å². The van der Waals surface area contributed by atoms with Crippen LogP contribution in [0.5, 0.6) is 0 Å². The Morgan fingerprint density at radius 1 is 0.933 bits per heavy atom. The highest BCUT2D eigenvalue weighted by molar-refractivity contribution is 5.69. The van der Waals surface area contributed by atoms with Crippen molar-refractivity contribution in [3.63, 3.8) is 0 Å². The summed E-state index contributed by atoms with van der Waals surface area (Å²) >= 11 is 0. The highest BCUT2D eigenvalue weighted by Crippen LogP contribution is 2.16. The normalized spacial score (nSPS) is 13.8. The first-order chi connectivity index (χ1) is 14.2. The van der Waals surface area contributed by atoms with Gasteiger partial charge in [-0.2, -0.15) is 0 Å². The molecule has 0 saturated carbocycles. The number of carbonyl (C=O) groups is 1. The molecule has 0 aliphatic heterocycles. The molecule has 0 aliphatic rings. The van der Waals surface area contributed by atoms with Crippen LogP contribution in [-0.2, 0) is 22.6 Å². The Bertz CT molecular complexity index is 781. The molecule has 2 aromatic rings. The van der Waals surface area contributed by atoms with Crippen LogP contribution in [-0.4, -0.2) is 29.2 Å². The second-order valence-corrected chi connectivity index (χ2v) is 8.70. The lowest BCUT2D eigenvalue weighted by Crippen LogP contribution is -2.41. The van der Waals surface area contributed by atoms with E-state index in [-0.39, 0.29) is 18.1 Å². The number of ether oxygens (including phenoxy) is 2. The van der Waals surface area contributed by atoms with Gasteiger partial charge in [-0.15, -0.1) is 0 Å². The quantitative estimate of drug-likeness (QED) is 0.461. The van der Waals surface area contributed by atoms with Crippen LogP contribution in [0.2, 0.25) is 0 Å². The molecule has 2 rings (SSSR count). The zero-order chi connectivity index (χ0) is 22.0. The molecule has 162 valence electrons. The molecular weight excluding hydrogens is 374 g/mol. The average molecular weight is 410 g/mol. The lowest BCUT2D eigenvalue weighted by atomic mass is 10.1. The van der Waals surface area contributed by atoms with Gasteiger partial charge in [0.05, 0.1) is 19.3 Å². The number of carbonyl (C=O) groups excluding carboxylic acids is 1. The predicted octanol–water partition coefficient (Wildman–Crippen LogP) is 6.22. The van der Waals surface area contributed by atoms with Crippen LogP contribution in [0, 0.1) is 5.92 Å². The van der Waals surface area contributed by atoms with Gasteiger partial charge >= 0.3 is 6.09 Å². The van der Waals surface area contributed by atoms with Crippen molar-refractivity contribution in [2.24, 2.45) is 5.92 Å². The van der Waals surface area contributed by atoms with E-state index >= 15 is 0 Å². The number of hydrogen-bond donors (Lipinski definition) is 0. The lowest BCUT2D eigenvalue weighted by molar-refractivity contribution is 0.0193. The van der Waals surface area contributed by atoms with Gasteiger partial charge in [-0.25, -0.2) is 4.79 Å². The molecule has 30 heavy (non-hydrogen) atoms. The Morgan fingerprint density at radius 3 is 2.07 bits per heavy atom. The third-order valence-electron chi connectivity index (χ3n) is 4.53. The van der Waals surface area contributed by atoms with Gasteiger partial charge in [0, 0.05) is 6.54 Å². The van der Waals surface area contributed by atoms with Gasteiger partial charge in [-0.05, 0) is 44.7 Å². The van der Waals surface area contributed by atoms with Gasteiger partial charge in [-0.1, -0.05) is 79.7 Å². The van der Waals surface area contributed by atoms with E-state index in [2.05, 4.69) is 31.2 Å². The van der Waals surface area contributed by atoms with Crippen LogP contribution in [0.25, 0.3) is 0 Å². The van der Waals surface area contributed by atoms with Gasteiger partial charge in [0.2, 0.25) is 0 Å². The largest absolute Gasteiger partial charge is 0.444 e. The molecule has 0 saturated heterocycles. The molecular formula is C26H35NO3. The summed E-state index contributed by atoms with van der Waals surface area (Å²) < 4.78 is 11.5. The minimum Gasteiger partial charge on any atom is -0.444 e. The molecule has 0 N–H and O–H groups in total. The first kappa shape index (κ1) is 23.7. The van der Waals surface area contributed by atoms with Crippen molar-refractivity contribution in [1.82, 2.24) is 4.90 Å². The Balaban J connectivity index is 1.95. The van der Waals surface area contributed by atoms with Crippen molar-refractivity contribution in [2.75, 3.05) is 6.61 Å². The molecule has 0 spiro atoms. The smallest absolute Gasteiger partial charge is 0.411 e. The van der Waals surface area contributed by atoms with E-state index in [4.69, 9.17) is 9.47 Å². The molecule has 0 radical (unpaired) electrons. The Kier molecular flexibility index (Phi) is 9.13. The van der Waals surface area contributed by atoms with Crippen molar-refractivity contribution in [3.05, 3.63) is 83.9 Å². The molecule has 4 heteroatoms. The van der Waals surface area contributed by atoms with Crippen molar-refractivity contribution in [1.29, 1.82) is 0 Å². The Labute approximate surface area is 181 Å². The van der Waals surface area contributed by atoms with E-state index in [1.165, 1.54) is 5.56 Å². The standard InChI is InChI=1S/C26H35NO3/c1-21(19-29-20-24-14-10-7-11-15-24)16-17-22(2)27(25(28)30-26(3,4)5)18-23-12-8-6-9-13-23/h6-17,21-22H,18-20H2,1-5H3/b17-16+/t21?,22-/m0/s1. The van der Waals surface area contributed by atoms with Crippen LogP contribution < -0.4 is 0 Å². The van der Waals surface area contributed by atoms with E-state index in [9.17, 15) is 4.79 Å². The maximum atomic E-state index is 12.8. The highest BCUT2D eigenvalue weighted by Gasteiger charge is 2.25. The molecule has 0 aromatic heterocycles. The van der Waals surface area contributed by atoms with Gasteiger partial charge in [0.15, 0.2) is 0 Å². The maximum absolute atomic E-state index is 12.8. The monoisotopic (exact) mass is 409 g/mol. The van der Waals surface area contributed by atoms with Crippen LogP contribution >= 0.6 is 0 Å². The summed E-state index contributed by atoms with van der Waals surface area (Å²) in [6.07, 6.45) is 3.86. The van der Waals surface area contributed by atoms with Crippen molar-refractivity contribution in [3.8, 4) is 0 Å². The number of hydrogen-bond acceptors (Lipinski definition) is 3. The number of benzene rings is 2. The summed E-state index contributed by atoms with van der Waals surface area (Å²) in [6, 6.07) is 20.0. The molecule has 0 fully saturated rings. The van der Waals surface area contributed by atoms with E-state index in [1.54, 1.807) is 4.90 Å². The maximum Gasteiger partial charge on any atom is 0.411 e. The topological polar surface area (TPSA) is 38.8 Å². The van der Waals surface area contributed by atoms with E-state index in [0.29, 0.717) is 19.8 Å². The summed E-state index contributed by atoms with van der Waals surface area (Å²) in [6.45, 7) is 11.5. The molecule has 1 unspecified atom stereocenters. The average Bonchev–Trinajstić information content (AvgIpc) is 2.70. The van der Waals surface area contributed by atoms with Crippen molar-refractivity contribution in [2.45, 2.75) is 59.4 Å². The molecule has 0 heterocycles. The lowest BCUT2D eigenvalue weighted by Gasteiger charge is -2.30. The zero-order valence-electron chi connectivity index (χ0n) is 18.9. The number of amides is 1. The van der Waals surface area contributed by atoms with Gasteiger partial charge in [0.1, 0.15) is 5.60 Å². The summed E-state index contributed by atoms with van der Waals surface area (Å²) in [7, 11) is 0. The second kappa shape index (κ2) is 11.6. The van der Waals surface area contributed by atoms with Gasteiger partial charge < -0.3 is 9.47 Å². The predicted molar refractivity (Wildman–Crippen MR) is 122 cm³/mol.